The van der Waals surface area contributed by atoms with Crippen molar-refractivity contribution < 1.29 is 4.39 Å². The molecule has 2 aromatic heterocycles. The lowest BCUT2D eigenvalue weighted by molar-refractivity contribution is 0.628. The molecule has 0 saturated heterocycles. The molecule has 0 aliphatic rings. The number of hydrogen-bond donors (Lipinski definition) is 1. The summed E-state index contributed by atoms with van der Waals surface area (Å²) in [5, 5.41) is 0.290. The monoisotopic (exact) mass is 304 g/mol. The van der Waals surface area contributed by atoms with Gasteiger partial charge in [0.1, 0.15) is 23.0 Å². The minimum Gasteiger partial charge on any atom is -0.383 e. The molecular formula is C15H14ClFN4. The summed E-state index contributed by atoms with van der Waals surface area (Å²) in [5.41, 5.74) is 9.06. The molecule has 0 spiro atoms. The van der Waals surface area contributed by atoms with E-state index in [9.17, 15) is 4.39 Å². The summed E-state index contributed by atoms with van der Waals surface area (Å²) in [6, 6.07) is 8.02. The Hall–Kier alpha value is -2.27. The molecule has 0 amide bonds. The molecule has 4 nitrogen and oxygen atoms in total. The van der Waals surface area contributed by atoms with Crippen LogP contribution >= 0.6 is 11.6 Å². The molecule has 21 heavy (non-hydrogen) atoms. The first-order valence-electron chi connectivity index (χ1n) is 6.37. The van der Waals surface area contributed by atoms with Crippen molar-refractivity contribution >= 4 is 28.8 Å². The van der Waals surface area contributed by atoms with Crippen LogP contribution in [0.4, 0.5) is 15.9 Å². The predicted molar refractivity (Wildman–Crippen MR) is 84.3 cm³/mol. The minimum atomic E-state index is -0.388. The van der Waals surface area contributed by atoms with Gasteiger partial charge in [0.25, 0.3) is 0 Å². The Morgan fingerprint density at radius 2 is 2.00 bits per heavy atom. The molecule has 0 aliphatic heterocycles. The topological polar surface area (TPSA) is 46.6 Å². The van der Waals surface area contributed by atoms with E-state index < -0.39 is 0 Å². The fourth-order valence-electron chi connectivity index (χ4n) is 2.20. The van der Waals surface area contributed by atoms with Crippen LogP contribution in [0.1, 0.15) is 0 Å². The van der Waals surface area contributed by atoms with Gasteiger partial charge in [-0.1, -0.05) is 11.6 Å². The molecule has 6 heteroatoms. The average molecular weight is 305 g/mol. The number of aromatic nitrogens is 2. The van der Waals surface area contributed by atoms with E-state index in [1.54, 1.807) is 10.5 Å². The molecule has 3 aromatic rings. The molecular weight excluding hydrogens is 291 g/mol. The maximum atomic E-state index is 13.2. The van der Waals surface area contributed by atoms with Gasteiger partial charge in [0.05, 0.1) is 10.7 Å². The van der Waals surface area contributed by atoms with Crippen LogP contribution in [-0.4, -0.2) is 23.5 Å². The Kier molecular flexibility index (Phi) is 3.22. The summed E-state index contributed by atoms with van der Waals surface area (Å²) in [5.74, 6) is 0.0863. The Bertz CT molecular complexity index is 826. The molecule has 2 heterocycles. The Balaban J connectivity index is 2.22. The van der Waals surface area contributed by atoms with Gasteiger partial charge in [-0.05, 0) is 30.3 Å². The highest BCUT2D eigenvalue weighted by Crippen LogP contribution is 2.33. The second-order valence-electron chi connectivity index (χ2n) is 4.98. The third-order valence-corrected chi connectivity index (χ3v) is 3.66. The van der Waals surface area contributed by atoms with Crippen molar-refractivity contribution in [3.63, 3.8) is 0 Å². The third-order valence-electron chi connectivity index (χ3n) is 3.34. The van der Waals surface area contributed by atoms with Gasteiger partial charge in [0.2, 0.25) is 0 Å². The molecule has 2 N–H and O–H groups in total. The van der Waals surface area contributed by atoms with Crippen molar-refractivity contribution in [1.82, 2.24) is 9.38 Å². The average Bonchev–Trinajstić information content (AvgIpc) is 2.75. The summed E-state index contributed by atoms with van der Waals surface area (Å²) in [7, 11) is 3.90. The summed E-state index contributed by atoms with van der Waals surface area (Å²) in [6.45, 7) is 0. The van der Waals surface area contributed by atoms with E-state index in [0.717, 1.165) is 5.69 Å². The molecule has 0 fully saturated rings. The summed E-state index contributed by atoms with van der Waals surface area (Å²) in [6.07, 6.45) is 1.90. The fraction of sp³-hybridized carbons (Fsp3) is 0.133. The van der Waals surface area contributed by atoms with Gasteiger partial charge >= 0.3 is 0 Å². The van der Waals surface area contributed by atoms with Crippen LogP contribution < -0.4 is 10.6 Å². The number of halogens is 2. The van der Waals surface area contributed by atoms with E-state index in [4.69, 9.17) is 17.3 Å². The van der Waals surface area contributed by atoms with Crippen molar-refractivity contribution in [3.05, 3.63) is 47.4 Å². The Morgan fingerprint density at radius 1 is 1.24 bits per heavy atom. The zero-order valence-corrected chi connectivity index (χ0v) is 12.4. The van der Waals surface area contributed by atoms with Crippen LogP contribution in [0.3, 0.4) is 0 Å². The first-order chi connectivity index (χ1) is 9.97. The second-order valence-corrected chi connectivity index (χ2v) is 5.39. The standard InChI is InChI=1S/C15H14ClFN4/c1-20(2)10-4-6-13-19-14(15(18)21(13)8-10)11-5-3-9(17)7-12(11)16/h3-8H,18H2,1-2H3. The van der Waals surface area contributed by atoms with E-state index >= 15 is 0 Å². The molecule has 0 saturated carbocycles. The molecule has 0 atom stereocenters. The Labute approximate surface area is 126 Å². The molecule has 0 bridgehead atoms. The molecule has 108 valence electrons. The van der Waals surface area contributed by atoms with Crippen molar-refractivity contribution in [2.24, 2.45) is 0 Å². The van der Waals surface area contributed by atoms with Gasteiger partial charge in [-0.2, -0.15) is 0 Å². The number of imidazole rings is 1. The van der Waals surface area contributed by atoms with Crippen LogP contribution in [0.15, 0.2) is 36.5 Å². The quantitative estimate of drug-likeness (QED) is 0.789. The van der Waals surface area contributed by atoms with Crippen molar-refractivity contribution in [1.29, 1.82) is 0 Å². The lowest BCUT2D eigenvalue weighted by Crippen LogP contribution is -2.09. The number of anilines is 2. The van der Waals surface area contributed by atoms with Crippen molar-refractivity contribution in [2.75, 3.05) is 24.7 Å². The zero-order chi connectivity index (χ0) is 15.1. The van der Waals surface area contributed by atoms with Crippen molar-refractivity contribution in [3.8, 4) is 11.3 Å². The van der Waals surface area contributed by atoms with Gasteiger partial charge in [-0.3, -0.25) is 4.40 Å². The van der Waals surface area contributed by atoms with E-state index in [0.29, 0.717) is 22.7 Å². The normalized spacial score (nSPS) is 11.0. The van der Waals surface area contributed by atoms with Crippen LogP contribution in [0.25, 0.3) is 16.9 Å². The van der Waals surface area contributed by atoms with Crippen LogP contribution in [0.5, 0.6) is 0 Å². The highest BCUT2D eigenvalue weighted by molar-refractivity contribution is 6.33. The second kappa shape index (κ2) is 4.93. The number of hydrogen-bond acceptors (Lipinski definition) is 3. The zero-order valence-electron chi connectivity index (χ0n) is 11.6. The van der Waals surface area contributed by atoms with Gasteiger partial charge in [0, 0.05) is 25.9 Å². The number of pyridine rings is 1. The maximum Gasteiger partial charge on any atom is 0.139 e. The molecule has 0 aliphatic carbocycles. The van der Waals surface area contributed by atoms with Gasteiger partial charge in [-0.15, -0.1) is 0 Å². The van der Waals surface area contributed by atoms with Crippen LogP contribution in [0.2, 0.25) is 5.02 Å². The number of nitrogen functional groups attached to an aromatic ring is 1. The third kappa shape index (κ3) is 2.29. The lowest BCUT2D eigenvalue weighted by atomic mass is 10.1. The first kappa shape index (κ1) is 13.7. The first-order valence-corrected chi connectivity index (χ1v) is 6.75. The smallest absolute Gasteiger partial charge is 0.139 e. The molecule has 0 radical (unpaired) electrons. The summed E-state index contributed by atoms with van der Waals surface area (Å²) in [4.78, 5) is 6.46. The molecule has 1 aromatic carbocycles. The van der Waals surface area contributed by atoms with Crippen LogP contribution in [-0.2, 0) is 0 Å². The minimum absolute atomic E-state index is 0.290. The molecule has 3 rings (SSSR count). The van der Waals surface area contributed by atoms with E-state index in [1.165, 1.54) is 12.1 Å². The summed E-state index contributed by atoms with van der Waals surface area (Å²) >= 11 is 6.09. The number of fused-ring (bicyclic) bond motifs is 1. The fourth-order valence-corrected chi connectivity index (χ4v) is 2.45. The van der Waals surface area contributed by atoms with Gasteiger partial charge in [-0.25, -0.2) is 9.37 Å². The number of benzene rings is 1. The van der Waals surface area contributed by atoms with E-state index in [1.807, 2.05) is 37.3 Å². The van der Waals surface area contributed by atoms with Gasteiger partial charge < -0.3 is 10.6 Å². The Morgan fingerprint density at radius 3 is 2.67 bits per heavy atom. The lowest BCUT2D eigenvalue weighted by Gasteiger charge is -2.12. The van der Waals surface area contributed by atoms with Crippen molar-refractivity contribution in [2.45, 2.75) is 0 Å². The number of rotatable bonds is 2. The van der Waals surface area contributed by atoms with E-state index in [2.05, 4.69) is 4.98 Å². The summed E-state index contributed by atoms with van der Waals surface area (Å²) < 4.78 is 15.0. The van der Waals surface area contributed by atoms with E-state index in [-0.39, 0.29) is 10.8 Å². The highest BCUT2D eigenvalue weighted by atomic mass is 35.5. The maximum absolute atomic E-state index is 13.2. The van der Waals surface area contributed by atoms with Gasteiger partial charge in [0.15, 0.2) is 0 Å². The predicted octanol–water partition coefficient (Wildman–Crippen LogP) is 3.44. The molecule has 0 unspecified atom stereocenters. The largest absolute Gasteiger partial charge is 0.383 e. The van der Waals surface area contributed by atoms with Crippen LogP contribution in [0, 0.1) is 5.82 Å². The SMILES string of the molecule is CN(C)c1ccc2nc(-c3ccc(F)cc3Cl)c(N)n2c1. The number of nitrogens with two attached hydrogens (primary N) is 1. The highest BCUT2D eigenvalue weighted by Gasteiger charge is 2.15. The number of nitrogens with zero attached hydrogens (tertiary/aromatic N) is 3.